The summed E-state index contributed by atoms with van der Waals surface area (Å²) in [6, 6.07) is 26.0. The van der Waals surface area contributed by atoms with Crippen LogP contribution in [0.25, 0.3) is 10.8 Å². The van der Waals surface area contributed by atoms with Crippen molar-refractivity contribution in [3.63, 3.8) is 0 Å². The Balaban J connectivity index is 1.77. The number of furan rings is 1. The number of carbonyl (C=O) groups excluding carboxylic acids is 2. The highest BCUT2D eigenvalue weighted by molar-refractivity contribution is 6.08. The molecule has 31 heavy (non-hydrogen) atoms. The van der Waals surface area contributed by atoms with Crippen molar-refractivity contribution in [2.75, 3.05) is 11.9 Å². The predicted molar refractivity (Wildman–Crippen MR) is 120 cm³/mol. The molecular formula is C26H23NO4. The first-order valence-electron chi connectivity index (χ1n) is 10.2. The summed E-state index contributed by atoms with van der Waals surface area (Å²) < 4.78 is 10.6. The van der Waals surface area contributed by atoms with E-state index in [1.54, 1.807) is 19.1 Å². The molecule has 0 bridgehead atoms. The lowest BCUT2D eigenvalue weighted by atomic mass is 9.88. The fraction of sp³-hybridized carbons (Fsp3) is 0.154. The Morgan fingerprint density at radius 2 is 1.65 bits per heavy atom. The molecule has 5 heteroatoms. The molecule has 156 valence electrons. The number of hydrogen-bond acceptors (Lipinski definition) is 5. The predicted octanol–water partition coefficient (Wildman–Crippen LogP) is 5.65. The second kappa shape index (κ2) is 9.30. The second-order valence-corrected chi connectivity index (χ2v) is 7.17. The standard InChI is InChI=1S/C26H23NO4/c1-2-30-26(29)23(25(28)22-13-8-16-31-22)24(19-10-4-3-5-11-19)27-21-15-14-18-9-6-7-12-20(18)17-21/h3-17,23-24,27H,2H2,1H3. The molecule has 0 saturated heterocycles. The SMILES string of the molecule is CCOC(=O)C(C(=O)c1ccco1)C(Nc1ccc2ccccc2c1)c1ccccc1. The van der Waals surface area contributed by atoms with Gasteiger partial charge in [0, 0.05) is 5.69 Å². The second-order valence-electron chi connectivity index (χ2n) is 7.17. The molecule has 0 aliphatic heterocycles. The first kappa shape index (κ1) is 20.4. The number of anilines is 1. The molecule has 0 aliphatic carbocycles. The van der Waals surface area contributed by atoms with Crippen LogP contribution in [0, 0.1) is 5.92 Å². The monoisotopic (exact) mass is 413 g/mol. The van der Waals surface area contributed by atoms with Crippen LogP contribution in [0.2, 0.25) is 0 Å². The Hall–Kier alpha value is -3.86. The number of ether oxygens (including phenoxy) is 1. The molecule has 5 nitrogen and oxygen atoms in total. The van der Waals surface area contributed by atoms with Gasteiger partial charge in [0.25, 0.3) is 0 Å². The molecule has 0 saturated carbocycles. The number of rotatable bonds is 8. The first-order chi connectivity index (χ1) is 15.2. The number of ketones is 1. The third-order valence-electron chi connectivity index (χ3n) is 5.15. The zero-order valence-electron chi connectivity index (χ0n) is 17.2. The van der Waals surface area contributed by atoms with Gasteiger partial charge in [-0.05, 0) is 47.5 Å². The molecule has 0 spiro atoms. The molecule has 0 fully saturated rings. The van der Waals surface area contributed by atoms with Crippen LogP contribution in [-0.4, -0.2) is 18.4 Å². The molecule has 2 unspecified atom stereocenters. The Bertz CT molecular complexity index is 1170. The maximum atomic E-state index is 13.3. The smallest absolute Gasteiger partial charge is 0.319 e. The van der Waals surface area contributed by atoms with Gasteiger partial charge in [0.15, 0.2) is 5.76 Å². The van der Waals surface area contributed by atoms with Gasteiger partial charge in [-0.3, -0.25) is 9.59 Å². The lowest BCUT2D eigenvalue weighted by Gasteiger charge is -2.27. The minimum atomic E-state index is -1.11. The quantitative estimate of drug-likeness (QED) is 0.230. The molecule has 1 heterocycles. The van der Waals surface area contributed by atoms with E-state index in [-0.39, 0.29) is 12.4 Å². The van der Waals surface area contributed by atoms with Crippen LogP contribution >= 0.6 is 0 Å². The molecule has 1 aromatic heterocycles. The van der Waals surface area contributed by atoms with Gasteiger partial charge in [-0.25, -0.2) is 0 Å². The normalized spacial score (nSPS) is 12.8. The van der Waals surface area contributed by atoms with E-state index in [1.165, 1.54) is 6.26 Å². The van der Waals surface area contributed by atoms with E-state index in [0.717, 1.165) is 22.0 Å². The van der Waals surface area contributed by atoms with Crippen LogP contribution in [0.4, 0.5) is 5.69 Å². The van der Waals surface area contributed by atoms with Gasteiger partial charge >= 0.3 is 5.97 Å². The van der Waals surface area contributed by atoms with Crippen LogP contribution in [0.5, 0.6) is 0 Å². The summed E-state index contributed by atoms with van der Waals surface area (Å²) in [5.74, 6) is -2.00. The van der Waals surface area contributed by atoms with E-state index in [9.17, 15) is 9.59 Å². The number of Topliss-reactive ketones (excluding diaryl/α,β-unsaturated/α-hetero) is 1. The molecule has 0 aliphatic rings. The van der Waals surface area contributed by atoms with E-state index in [1.807, 2.05) is 72.8 Å². The highest BCUT2D eigenvalue weighted by atomic mass is 16.5. The fourth-order valence-corrected chi connectivity index (χ4v) is 3.68. The minimum absolute atomic E-state index is 0.124. The Morgan fingerprint density at radius 1 is 0.903 bits per heavy atom. The molecule has 4 aromatic rings. The van der Waals surface area contributed by atoms with E-state index >= 15 is 0 Å². The first-order valence-corrected chi connectivity index (χ1v) is 10.2. The van der Waals surface area contributed by atoms with Crippen LogP contribution in [-0.2, 0) is 9.53 Å². The topological polar surface area (TPSA) is 68.5 Å². The summed E-state index contributed by atoms with van der Waals surface area (Å²) in [7, 11) is 0. The lowest BCUT2D eigenvalue weighted by Crippen LogP contribution is -2.35. The number of benzene rings is 3. The molecule has 3 aromatic carbocycles. The van der Waals surface area contributed by atoms with E-state index in [0.29, 0.717) is 0 Å². The van der Waals surface area contributed by atoms with Crippen molar-refractivity contribution in [2.24, 2.45) is 5.92 Å². The number of hydrogen-bond donors (Lipinski definition) is 1. The van der Waals surface area contributed by atoms with Crippen molar-refractivity contribution < 1.29 is 18.7 Å². The zero-order chi connectivity index (χ0) is 21.6. The van der Waals surface area contributed by atoms with E-state index in [2.05, 4.69) is 5.32 Å². The molecule has 0 amide bonds. The average Bonchev–Trinajstić information content (AvgIpc) is 3.34. The largest absolute Gasteiger partial charge is 0.465 e. The average molecular weight is 413 g/mol. The highest BCUT2D eigenvalue weighted by Crippen LogP contribution is 2.32. The zero-order valence-corrected chi connectivity index (χ0v) is 17.2. The Kier molecular flexibility index (Phi) is 6.13. The summed E-state index contributed by atoms with van der Waals surface area (Å²) >= 11 is 0. The van der Waals surface area contributed by atoms with Crippen LogP contribution in [0.15, 0.2) is 95.6 Å². The molecule has 0 radical (unpaired) electrons. The van der Waals surface area contributed by atoms with Crippen molar-refractivity contribution >= 4 is 28.2 Å². The van der Waals surface area contributed by atoms with E-state index < -0.39 is 23.7 Å². The summed E-state index contributed by atoms with van der Waals surface area (Å²) in [6.45, 7) is 1.90. The van der Waals surface area contributed by atoms with Gasteiger partial charge in [-0.2, -0.15) is 0 Å². The molecule has 2 atom stereocenters. The van der Waals surface area contributed by atoms with Gasteiger partial charge in [-0.15, -0.1) is 0 Å². The van der Waals surface area contributed by atoms with Crippen molar-refractivity contribution in [1.29, 1.82) is 0 Å². The van der Waals surface area contributed by atoms with Crippen molar-refractivity contribution in [3.8, 4) is 0 Å². The lowest BCUT2D eigenvalue weighted by molar-refractivity contribution is -0.146. The molecule has 4 rings (SSSR count). The van der Waals surface area contributed by atoms with Gasteiger partial charge in [0.2, 0.25) is 5.78 Å². The highest BCUT2D eigenvalue weighted by Gasteiger charge is 2.39. The fourth-order valence-electron chi connectivity index (χ4n) is 3.68. The van der Waals surface area contributed by atoms with Gasteiger partial charge in [-0.1, -0.05) is 60.7 Å². The summed E-state index contributed by atoms with van der Waals surface area (Å²) in [6.07, 6.45) is 1.42. The van der Waals surface area contributed by atoms with Gasteiger partial charge in [0.1, 0.15) is 5.92 Å². The maximum Gasteiger partial charge on any atom is 0.319 e. The third kappa shape index (κ3) is 4.51. The number of carbonyl (C=O) groups is 2. The number of esters is 1. The van der Waals surface area contributed by atoms with Crippen molar-refractivity contribution in [3.05, 3.63) is 103 Å². The van der Waals surface area contributed by atoms with Crippen LogP contribution in [0.1, 0.15) is 29.1 Å². The molecular weight excluding hydrogens is 390 g/mol. The third-order valence-corrected chi connectivity index (χ3v) is 5.15. The Labute approximate surface area is 180 Å². The summed E-state index contributed by atoms with van der Waals surface area (Å²) in [5, 5.41) is 5.58. The van der Waals surface area contributed by atoms with Crippen molar-refractivity contribution in [2.45, 2.75) is 13.0 Å². The van der Waals surface area contributed by atoms with Crippen LogP contribution < -0.4 is 5.32 Å². The minimum Gasteiger partial charge on any atom is -0.465 e. The maximum absolute atomic E-state index is 13.3. The summed E-state index contributed by atoms with van der Waals surface area (Å²) in [5.41, 5.74) is 1.60. The number of fused-ring (bicyclic) bond motifs is 1. The molecule has 1 N–H and O–H groups in total. The van der Waals surface area contributed by atoms with Crippen LogP contribution in [0.3, 0.4) is 0 Å². The van der Waals surface area contributed by atoms with Gasteiger partial charge < -0.3 is 14.5 Å². The van der Waals surface area contributed by atoms with Crippen molar-refractivity contribution in [1.82, 2.24) is 0 Å². The van der Waals surface area contributed by atoms with Gasteiger partial charge in [0.05, 0.1) is 18.9 Å². The Morgan fingerprint density at radius 3 is 2.35 bits per heavy atom. The number of nitrogens with one attached hydrogen (secondary N) is 1. The summed E-state index contributed by atoms with van der Waals surface area (Å²) in [4.78, 5) is 26.3. The van der Waals surface area contributed by atoms with E-state index in [4.69, 9.17) is 9.15 Å².